The number of fused-ring (bicyclic) bond motifs is 2. The lowest BCUT2D eigenvalue weighted by atomic mass is 9.89. The molecule has 2 fully saturated rings. The molecule has 5 heteroatoms. The number of carbonyl (C=O) groups is 1. The van der Waals surface area contributed by atoms with Crippen LogP contribution in [0.15, 0.2) is 12.1 Å². The predicted octanol–water partition coefficient (Wildman–Crippen LogP) is 2.48. The number of carbonyl (C=O) groups excluding carboxylic acids is 1. The molecule has 3 N–H and O–H groups in total. The van der Waals surface area contributed by atoms with E-state index in [-0.39, 0.29) is 16.9 Å². The smallest absolute Gasteiger partial charge is 0.251 e. The second-order valence-corrected chi connectivity index (χ2v) is 6.14. The maximum Gasteiger partial charge on any atom is 0.251 e. The normalized spacial score (nSPS) is 28.6. The van der Waals surface area contributed by atoms with Crippen molar-refractivity contribution in [1.82, 2.24) is 10.3 Å². The molecule has 0 spiro atoms. The van der Waals surface area contributed by atoms with E-state index >= 15 is 0 Å². The number of nitrogens with two attached hydrogens (primary N) is 1. The summed E-state index contributed by atoms with van der Waals surface area (Å²) in [4.78, 5) is 15.9. The highest BCUT2D eigenvalue weighted by atomic mass is 35.5. The van der Waals surface area contributed by atoms with E-state index in [0.717, 1.165) is 18.4 Å². The summed E-state index contributed by atoms with van der Waals surface area (Å²) in [5, 5.41) is 3.25. The van der Waals surface area contributed by atoms with Crippen LogP contribution >= 0.6 is 11.6 Å². The zero-order valence-corrected chi connectivity index (χ0v) is 11.5. The van der Waals surface area contributed by atoms with Crippen LogP contribution in [0.2, 0.25) is 5.15 Å². The minimum Gasteiger partial charge on any atom is -0.384 e. The first-order chi connectivity index (χ1) is 9.11. The van der Waals surface area contributed by atoms with Crippen LogP contribution in [0.5, 0.6) is 0 Å². The maximum atomic E-state index is 12.1. The average molecular weight is 280 g/mol. The summed E-state index contributed by atoms with van der Waals surface area (Å²) in [7, 11) is 0. The Balaban J connectivity index is 1.59. The van der Waals surface area contributed by atoms with Gasteiger partial charge in [-0.05, 0) is 49.1 Å². The van der Waals surface area contributed by atoms with Gasteiger partial charge in [-0.15, -0.1) is 0 Å². The first-order valence-electron chi connectivity index (χ1n) is 6.83. The van der Waals surface area contributed by atoms with E-state index in [9.17, 15) is 4.79 Å². The third-order valence-electron chi connectivity index (χ3n) is 4.49. The van der Waals surface area contributed by atoms with Gasteiger partial charge in [-0.25, -0.2) is 4.98 Å². The Morgan fingerprint density at radius 1 is 1.42 bits per heavy atom. The number of halogens is 1. The number of rotatable bonds is 3. The molecular formula is C14H18ClN3O. The monoisotopic (exact) mass is 279 g/mol. The van der Waals surface area contributed by atoms with Crippen molar-refractivity contribution in [3.05, 3.63) is 22.8 Å². The fraction of sp³-hybridized carbons (Fsp3) is 0.571. The molecule has 0 aromatic carbocycles. The van der Waals surface area contributed by atoms with Crippen molar-refractivity contribution in [3.63, 3.8) is 0 Å². The first kappa shape index (κ1) is 12.7. The molecule has 1 aromatic rings. The molecule has 2 saturated carbocycles. The van der Waals surface area contributed by atoms with Gasteiger partial charge in [0.1, 0.15) is 11.0 Å². The van der Waals surface area contributed by atoms with E-state index in [1.54, 1.807) is 12.1 Å². The Morgan fingerprint density at radius 2 is 2.26 bits per heavy atom. The van der Waals surface area contributed by atoms with E-state index in [1.165, 1.54) is 25.7 Å². The van der Waals surface area contributed by atoms with Crippen LogP contribution in [0.4, 0.5) is 5.82 Å². The molecule has 2 aliphatic carbocycles. The molecule has 0 radical (unpaired) electrons. The van der Waals surface area contributed by atoms with Gasteiger partial charge < -0.3 is 11.1 Å². The zero-order chi connectivity index (χ0) is 13.4. The molecule has 1 aromatic heterocycles. The van der Waals surface area contributed by atoms with Crippen LogP contribution < -0.4 is 11.1 Å². The number of pyridine rings is 1. The highest BCUT2D eigenvalue weighted by Crippen LogP contribution is 2.47. The van der Waals surface area contributed by atoms with Crippen LogP contribution in [-0.2, 0) is 0 Å². The average Bonchev–Trinajstić information content (AvgIpc) is 2.96. The van der Waals surface area contributed by atoms with Crippen molar-refractivity contribution in [2.75, 3.05) is 12.3 Å². The lowest BCUT2D eigenvalue weighted by Crippen LogP contribution is -2.31. The molecule has 102 valence electrons. The number of anilines is 1. The second-order valence-electron chi connectivity index (χ2n) is 5.75. The molecule has 2 aliphatic rings. The summed E-state index contributed by atoms with van der Waals surface area (Å²) in [5.41, 5.74) is 6.08. The third kappa shape index (κ3) is 2.68. The van der Waals surface area contributed by atoms with Crippen LogP contribution in [-0.4, -0.2) is 17.4 Å². The van der Waals surface area contributed by atoms with Gasteiger partial charge in [0.05, 0.1) is 0 Å². The largest absolute Gasteiger partial charge is 0.384 e. The lowest BCUT2D eigenvalue weighted by Gasteiger charge is -2.21. The fourth-order valence-electron chi connectivity index (χ4n) is 3.60. The van der Waals surface area contributed by atoms with Gasteiger partial charge in [0.2, 0.25) is 0 Å². The van der Waals surface area contributed by atoms with Gasteiger partial charge in [0.25, 0.3) is 5.91 Å². The SMILES string of the molecule is Nc1cc(C(=O)NCC2CC3CCC2C3)cc(Cl)n1. The summed E-state index contributed by atoms with van der Waals surface area (Å²) in [5.74, 6) is 2.53. The molecular weight excluding hydrogens is 262 g/mol. The molecule has 3 atom stereocenters. The molecule has 1 heterocycles. The number of hydrogen-bond donors (Lipinski definition) is 2. The van der Waals surface area contributed by atoms with Crippen LogP contribution in [0, 0.1) is 17.8 Å². The summed E-state index contributed by atoms with van der Waals surface area (Å²) in [6, 6.07) is 3.11. The molecule has 1 amide bonds. The van der Waals surface area contributed by atoms with Crippen LogP contribution in [0.1, 0.15) is 36.0 Å². The zero-order valence-electron chi connectivity index (χ0n) is 10.7. The van der Waals surface area contributed by atoms with Gasteiger partial charge >= 0.3 is 0 Å². The molecule has 0 saturated heterocycles. The Labute approximate surface area is 117 Å². The fourth-order valence-corrected chi connectivity index (χ4v) is 3.82. The lowest BCUT2D eigenvalue weighted by molar-refractivity contribution is 0.0941. The number of nitrogen functional groups attached to an aromatic ring is 1. The van der Waals surface area contributed by atoms with Gasteiger partial charge in [-0.2, -0.15) is 0 Å². The topological polar surface area (TPSA) is 68.0 Å². The summed E-state index contributed by atoms with van der Waals surface area (Å²) < 4.78 is 0. The van der Waals surface area contributed by atoms with E-state index in [2.05, 4.69) is 10.3 Å². The number of aromatic nitrogens is 1. The van der Waals surface area contributed by atoms with Crippen molar-refractivity contribution < 1.29 is 4.79 Å². The molecule has 0 aliphatic heterocycles. The van der Waals surface area contributed by atoms with Crippen molar-refractivity contribution in [1.29, 1.82) is 0 Å². The second kappa shape index (κ2) is 5.00. The van der Waals surface area contributed by atoms with Crippen molar-refractivity contribution in [2.24, 2.45) is 17.8 Å². The van der Waals surface area contributed by atoms with Crippen molar-refractivity contribution in [2.45, 2.75) is 25.7 Å². The van der Waals surface area contributed by atoms with E-state index < -0.39 is 0 Å². The Morgan fingerprint density at radius 3 is 2.89 bits per heavy atom. The number of amides is 1. The van der Waals surface area contributed by atoms with Gasteiger partial charge in [-0.1, -0.05) is 18.0 Å². The molecule has 3 unspecified atom stereocenters. The Kier molecular flexibility index (Phi) is 3.35. The molecule has 2 bridgehead atoms. The molecule has 4 nitrogen and oxygen atoms in total. The highest BCUT2D eigenvalue weighted by Gasteiger charge is 2.39. The first-order valence-corrected chi connectivity index (χ1v) is 7.21. The Hall–Kier alpha value is -1.29. The van der Waals surface area contributed by atoms with Crippen LogP contribution in [0.3, 0.4) is 0 Å². The van der Waals surface area contributed by atoms with Gasteiger partial charge in [0.15, 0.2) is 0 Å². The number of nitrogens with one attached hydrogen (secondary N) is 1. The van der Waals surface area contributed by atoms with Gasteiger partial charge in [-0.3, -0.25) is 4.79 Å². The minimum absolute atomic E-state index is 0.112. The maximum absolute atomic E-state index is 12.1. The summed E-state index contributed by atoms with van der Waals surface area (Å²) in [6.45, 7) is 0.764. The van der Waals surface area contributed by atoms with Crippen molar-refractivity contribution in [3.8, 4) is 0 Å². The molecule has 3 rings (SSSR count). The van der Waals surface area contributed by atoms with E-state index in [1.807, 2.05) is 0 Å². The highest BCUT2D eigenvalue weighted by molar-refractivity contribution is 6.29. The quantitative estimate of drug-likeness (QED) is 0.835. The summed E-state index contributed by atoms with van der Waals surface area (Å²) >= 11 is 5.80. The van der Waals surface area contributed by atoms with Gasteiger partial charge in [0, 0.05) is 12.1 Å². The van der Waals surface area contributed by atoms with Crippen molar-refractivity contribution >= 4 is 23.3 Å². The Bertz CT molecular complexity index is 485. The standard InChI is InChI=1S/C14H18ClN3O/c15-12-5-10(6-13(16)18-12)14(19)17-7-11-4-8-1-2-9(11)3-8/h5-6,8-9,11H,1-4,7H2,(H2,16,18)(H,17,19). The summed E-state index contributed by atoms with van der Waals surface area (Å²) in [6.07, 6.45) is 5.34. The third-order valence-corrected chi connectivity index (χ3v) is 4.68. The van der Waals surface area contributed by atoms with E-state index in [4.69, 9.17) is 17.3 Å². The van der Waals surface area contributed by atoms with Crippen LogP contribution in [0.25, 0.3) is 0 Å². The number of nitrogens with zero attached hydrogens (tertiary/aromatic N) is 1. The number of hydrogen-bond acceptors (Lipinski definition) is 3. The molecule has 19 heavy (non-hydrogen) atoms. The van der Waals surface area contributed by atoms with E-state index in [0.29, 0.717) is 11.5 Å². The minimum atomic E-state index is -0.112. The predicted molar refractivity (Wildman–Crippen MR) is 74.9 cm³/mol.